The summed E-state index contributed by atoms with van der Waals surface area (Å²) in [5, 5.41) is 2.16. The van der Waals surface area contributed by atoms with Crippen molar-refractivity contribution < 1.29 is 28.8 Å². The number of nitrogens with one attached hydrogen (secondary N) is 1. The fourth-order valence-corrected chi connectivity index (χ4v) is 3.96. The van der Waals surface area contributed by atoms with Crippen molar-refractivity contribution in [1.82, 2.24) is 15.1 Å². The summed E-state index contributed by atoms with van der Waals surface area (Å²) in [5.74, 6) is -2.56. The molecule has 29 heavy (non-hydrogen) atoms. The average Bonchev–Trinajstić information content (AvgIpc) is 2.95. The van der Waals surface area contributed by atoms with E-state index in [9.17, 15) is 28.8 Å². The minimum Gasteiger partial charge on any atom is -0.360 e. The summed E-state index contributed by atoms with van der Waals surface area (Å²) in [6.07, 6.45) is 0.784. The number of aldehydes is 1. The maximum atomic E-state index is 13.1. The Kier molecular flexibility index (Phi) is 4.61. The van der Waals surface area contributed by atoms with E-state index in [0.717, 1.165) is 4.90 Å². The van der Waals surface area contributed by atoms with Crippen LogP contribution in [0.2, 0.25) is 0 Å². The third kappa shape index (κ3) is 3.06. The van der Waals surface area contributed by atoms with E-state index in [1.165, 1.54) is 11.0 Å². The highest BCUT2D eigenvalue weighted by Gasteiger charge is 2.46. The van der Waals surface area contributed by atoms with Crippen LogP contribution in [-0.2, 0) is 19.2 Å². The summed E-state index contributed by atoms with van der Waals surface area (Å²) < 4.78 is 0. The number of carbonyl (C=O) groups is 6. The van der Waals surface area contributed by atoms with Crippen LogP contribution in [0.15, 0.2) is 18.2 Å². The molecular formula is C19H18N4O6. The molecule has 1 N–H and O–H groups in total. The number of amides is 5. The number of rotatable bonds is 4. The molecule has 3 heterocycles. The number of anilines is 1. The molecule has 3 aliphatic rings. The standard InChI is InChI=1S/C19H18N4O6/c24-9-8-21-6-7-22(10-15(21)26)12-3-1-2-11-16(12)19(29)23(18(11)28)13-4-5-14(25)20-17(13)27/h1-3,9,13H,4-8,10H2,(H,20,25,27). The number of piperazine rings is 1. The second-order valence-corrected chi connectivity index (χ2v) is 7.07. The summed E-state index contributed by atoms with van der Waals surface area (Å²) in [6, 6.07) is 3.74. The molecule has 0 spiro atoms. The molecule has 2 saturated heterocycles. The molecule has 1 aromatic carbocycles. The van der Waals surface area contributed by atoms with Crippen LogP contribution in [0.4, 0.5) is 5.69 Å². The van der Waals surface area contributed by atoms with Crippen molar-refractivity contribution in [3.05, 3.63) is 29.3 Å². The summed E-state index contributed by atoms with van der Waals surface area (Å²) in [5.41, 5.74) is 0.758. The number of piperidine rings is 1. The van der Waals surface area contributed by atoms with Crippen LogP contribution in [0.3, 0.4) is 0 Å². The van der Waals surface area contributed by atoms with E-state index in [2.05, 4.69) is 5.32 Å². The predicted octanol–water partition coefficient (Wildman–Crippen LogP) is -1.06. The number of carbonyl (C=O) groups excluding carboxylic acids is 6. The van der Waals surface area contributed by atoms with Gasteiger partial charge >= 0.3 is 0 Å². The van der Waals surface area contributed by atoms with Crippen LogP contribution in [0, 0.1) is 0 Å². The van der Waals surface area contributed by atoms with E-state index in [1.807, 2.05) is 0 Å². The fourth-order valence-electron chi connectivity index (χ4n) is 3.96. The molecule has 10 nitrogen and oxygen atoms in total. The average molecular weight is 398 g/mol. The first-order chi connectivity index (χ1) is 13.9. The highest BCUT2D eigenvalue weighted by atomic mass is 16.2. The van der Waals surface area contributed by atoms with Crippen molar-refractivity contribution in [1.29, 1.82) is 0 Å². The van der Waals surface area contributed by atoms with E-state index in [1.54, 1.807) is 17.0 Å². The summed E-state index contributed by atoms with van der Waals surface area (Å²) in [6.45, 7) is 0.709. The van der Waals surface area contributed by atoms with Gasteiger partial charge in [-0.25, -0.2) is 0 Å². The third-order valence-corrected chi connectivity index (χ3v) is 5.40. The molecule has 2 fully saturated rings. The Balaban J connectivity index is 1.64. The third-order valence-electron chi connectivity index (χ3n) is 5.40. The zero-order chi connectivity index (χ0) is 20.7. The molecular weight excluding hydrogens is 380 g/mol. The highest BCUT2D eigenvalue weighted by Crippen LogP contribution is 2.34. The summed E-state index contributed by atoms with van der Waals surface area (Å²) in [4.78, 5) is 76.6. The van der Waals surface area contributed by atoms with E-state index >= 15 is 0 Å². The lowest BCUT2D eigenvalue weighted by atomic mass is 10.0. The molecule has 0 aliphatic carbocycles. The molecule has 0 aromatic heterocycles. The van der Waals surface area contributed by atoms with Gasteiger partial charge in [-0.15, -0.1) is 0 Å². The van der Waals surface area contributed by atoms with Gasteiger partial charge in [0.05, 0.1) is 29.9 Å². The normalized spacial score (nSPS) is 22.1. The van der Waals surface area contributed by atoms with Crippen LogP contribution in [0.5, 0.6) is 0 Å². The Labute approximate surface area is 165 Å². The Morgan fingerprint density at radius 2 is 1.86 bits per heavy atom. The van der Waals surface area contributed by atoms with Gasteiger partial charge in [0.2, 0.25) is 17.7 Å². The van der Waals surface area contributed by atoms with E-state index in [4.69, 9.17) is 0 Å². The molecule has 4 rings (SSSR count). The SMILES string of the molecule is O=CCN1CCN(c2cccc3c2C(=O)N(C2CCC(=O)NC2=O)C3=O)CC1=O. The summed E-state index contributed by atoms with van der Waals surface area (Å²) >= 11 is 0. The lowest BCUT2D eigenvalue weighted by Crippen LogP contribution is -2.54. The molecule has 3 aliphatic heterocycles. The largest absolute Gasteiger partial charge is 0.360 e. The first-order valence-corrected chi connectivity index (χ1v) is 9.23. The van der Waals surface area contributed by atoms with Crippen molar-refractivity contribution in [2.45, 2.75) is 18.9 Å². The monoisotopic (exact) mass is 398 g/mol. The van der Waals surface area contributed by atoms with Gasteiger partial charge in [0, 0.05) is 19.5 Å². The van der Waals surface area contributed by atoms with Gasteiger partial charge in [0.1, 0.15) is 12.3 Å². The lowest BCUT2D eigenvalue weighted by Gasteiger charge is -2.35. The molecule has 0 bridgehead atoms. The maximum absolute atomic E-state index is 13.1. The molecule has 1 unspecified atom stereocenters. The van der Waals surface area contributed by atoms with Gasteiger partial charge in [-0.1, -0.05) is 6.07 Å². The number of nitrogens with zero attached hydrogens (tertiary/aromatic N) is 3. The topological polar surface area (TPSA) is 124 Å². The molecule has 10 heteroatoms. The van der Waals surface area contributed by atoms with Crippen LogP contribution in [-0.4, -0.2) is 77.8 Å². The first kappa shape index (κ1) is 18.8. The first-order valence-electron chi connectivity index (χ1n) is 9.23. The molecule has 1 aromatic rings. The van der Waals surface area contributed by atoms with Gasteiger partial charge in [0.15, 0.2) is 0 Å². The van der Waals surface area contributed by atoms with Gasteiger partial charge < -0.3 is 14.6 Å². The van der Waals surface area contributed by atoms with E-state index in [0.29, 0.717) is 25.1 Å². The van der Waals surface area contributed by atoms with Crippen molar-refractivity contribution in [2.75, 3.05) is 31.1 Å². The number of hydrogen-bond acceptors (Lipinski definition) is 7. The number of hydrogen-bond donors (Lipinski definition) is 1. The minimum atomic E-state index is -1.04. The van der Waals surface area contributed by atoms with E-state index < -0.39 is 29.7 Å². The van der Waals surface area contributed by atoms with E-state index in [-0.39, 0.29) is 43.0 Å². The minimum absolute atomic E-state index is 0.0142. The molecule has 1 atom stereocenters. The highest BCUT2D eigenvalue weighted by molar-refractivity contribution is 6.25. The lowest BCUT2D eigenvalue weighted by molar-refractivity contribution is -0.136. The van der Waals surface area contributed by atoms with Crippen molar-refractivity contribution >= 4 is 41.5 Å². The van der Waals surface area contributed by atoms with Crippen LogP contribution >= 0.6 is 0 Å². The van der Waals surface area contributed by atoms with Gasteiger partial charge in [-0.3, -0.25) is 34.2 Å². The number of benzene rings is 1. The number of fused-ring (bicyclic) bond motifs is 1. The Bertz CT molecular complexity index is 958. The quantitative estimate of drug-likeness (QED) is 0.506. The van der Waals surface area contributed by atoms with Gasteiger partial charge in [-0.05, 0) is 18.6 Å². The molecule has 150 valence electrons. The van der Waals surface area contributed by atoms with Gasteiger partial charge in [0.25, 0.3) is 11.8 Å². The summed E-state index contributed by atoms with van der Waals surface area (Å²) in [7, 11) is 0. The fraction of sp³-hybridized carbons (Fsp3) is 0.368. The number of imide groups is 2. The maximum Gasteiger partial charge on any atom is 0.264 e. The smallest absolute Gasteiger partial charge is 0.264 e. The zero-order valence-electron chi connectivity index (χ0n) is 15.4. The van der Waals surface area contributed by atoms with Crippen LogP contribution in [0.25, 0.3) is 0 Å². The Morgan fingerprint density at radius 1 is 1.07 bits per heavy atom. The van der Waals surface area contributed by atoms with Crippen LogP contribution < -0.4 is 10.2 Å². The van der Waals surface area contributed by atoms with Crippen molar-refractivity contribution in [3.8, 4) is 0 Å². The Hall–Kier alpha value is -3.56. The van der Waals surface area contributed by atoms with Crippen molar-refractivity contribution in [2.24, 2.45) is 0 Å². The van der Waals surface area contributed by atoms with Crippen molar-refractivity contribution in [3.63, 3.8) is 0 Å². The molecule has 0 saturated carbocycles. The predicted molar refractivity (Wildman–Crippen MR) is 98.0 cm³/mol. The molecule has 0 radical (unpaired) electrons. The zero-order valence-corrected chi connectivity index (χ0v) is 15.4. The van der Waals surface area contributed by atoms with Gasteiger partial charge in [-0.2, -0.15) is 0 Å². The Morgan fingerprint density at radius 3 is 2.55 bits per heavy atom. The second kappa shape index (κ2) is 7.12. The van der Waals surface area contributed by atoms with Crippen LogP contribution in [0.1, 0.15) is 33.6 Å². The second-order valence-electron chi connectivity index (χ2n) is 7.07. The molecule has 5 amide bonds.